The van der Waals surface area contributed by atoms with Crippen molar-refractivity contribution in [1.29, 1.82) is 5.26 Å². The van der Waals surface area contributed by atoms with Gasteiger partial charge in [-0.25, -0.2) is 4.79 Å². The van der Waals surface area contributed by atoms with Gasteiger partial charge in [0, 0.05) is 11.6 Å². The van der Waals surface area contributed by atoms with Crippen molar-refractivity contribution in [2.24, 2.45) is 5.73 Å². The van der Waals surface area contributed by atoms with Gasteiger partial charge < -0.3 is 24.7 Å². The SMILES string of the molecule is COc1ccccc1C(=O)Oc1ccc2c(c1)OC(N)=C(C#N)C2c1cccc(OCc2ccc(C)cc2)c1. The number of methoxy groups -OCH3 is 1. The van der Waals surface area contributed by atoms with Gasteiger partial charge in [0.1, 0.15) is 46.8 Å². The van der Waals surface area contributed by atoms with Crippen LogP contribution in [-0.2, 0) is 6.61 Å². The molecule has 1 unspecified atom stereocenters. The van der Waals surface area contributed by atoms with Crippen LogP contribution in [0.3, 0.4) is 0 Å². The predicted octanol–water partition coefficient (Wildman–Crippen LogP) is 6.02. The highest BCUT2D eigenvalue weighted by Crippen LogP contribution is 2.44. The van der Waals surface area contributed by atoms with Crippen molar-refractivity contribution in [3.63, 3.8) is 0 Å². The first-order chi connectivity index (χ1) is 19.0. The number of nitrogens with zero attached hydrogens (tertiary/aromatic N) is 1. The summed E-state index contributed by atoms with van der Waals surface area (Å²) in [5.41, 5.74) is 10.5. The predicted molar refractivity (Wildman–Crippen MR) is 146 cm³/mol. The highest BCUT2D eigenvalue weighted by molar-refractivity contribution is 5.94. The third-order valence-corrected chi connectivity index (χ3v) is 6.45. The zero-order chi connectivity index (χ0) is 27.4. The number of ether oxygens (including phenoxy) is 4. The number of hydrogen-bond donors (Lipinski definition) is 1. The molecule has 1 aliphatic heterocycles. The van der Waals surface area contributed by atoms with E-state index in [0.29, 0.717) is 35.0 Å². The summed E-state index contributed by atoms with van der Waals surface area (Å²) in [6, 6.07) is 29.7. The molecule has 39 heavy (non-hydrogen) atoms. The second-order valence-corrected chi connectivity index (χ2v) is 9.06. The highest BCUT2D eigenvalue weighted by Gasteiger charge is 2.31. The van der Waals surface area contributed by atoms with E-state index in [9.17, 15) is 10.1 Å². The van der Waals surface area contributed by atoms with Crippen LogP contribution in [0.1, 0.15) is 38.5 Å². The molecule has 1 atom stereocenters. The van der Waals surface area contributed by atoms with Crippen LogP contribution in [0.2, 0.25) is 0 Å². The van der Waals surface area contributed by atoms with Crippen LogP contribution < -0.4 is 24.7 Å². The number of benzene rings is 4. The summed E-state index contributed by atoms with van der Waals surface area (Å²) >= 11 is 0. The molecule has 0 spiro atoms. The molecule has 4 aromatic rings. The first kappa shape index (κ1) is 25.4. The molecule has 0 amide bonds. The van der Waals surface area contributed by atoms with E-state index >= 15 is 0 Å². The summed E-state index contributed by atoms with van der Waals surface area (Å²) < 4.78 is 22.7. The minimum absolute atomic E-state index is 0.00539. The molecule has 0 saturated carbocycles. The molecule has 4 aromatic carbocycles. The van der Waals surface area contributed by atoms with Crippen molar-refractivity contribution >= 4 is 5.97 Å². The van der Waals surface area contributed by atoms with Gasteiger partial charge in [0.05, 0.1) is 13.0 Å². The number of para-hydroxylation sites is 1. The minimum atomic E-state index is -0.570. The molecule has 0 fully saturated rings. The minimum Gasteiger partial charge on any atom is -0.496 e. The van der Waals surface area contributed by atoms with Gasteiger partial charge in [0.15, 0.2) is 0 Å². The number of carbonyl (C=O) groups excluding carboxylic acids is 1. The van der Waals surface area contributed by atoms with E-state index in [1.54, 1.807) is 42.5 Å². The molecule has 2 N–H and O–H groups in total. The standard InChI is InChI=1S/C32H26N2O5/c1-20-10-12-21(13-11-20)19-37-23-7-5-6-22(16-23)30-25-15-14-24(17-29(25)39-31(34)27(30)18-33)38-32(35)26-8-3-4-9-28(26)36-2/h3-17,30H,19,34H2,1-2H3. The van der Waals surface area contributed by atoms with Gasteiger partial charge in [-0.05, 0) is 48.4 Å². The fourth-order valence-corrected chi connectivity index (χ4v) is 4.45. The number of nitrogens with two attached hydrogens (primary N) is 1. The number of nitriles is 1. The van der Waals surface area contributed by atoms with E-state index in [4.69, 9.17) is 24.7 Å². The molecule has 194 valence electrons. The lowest BCUT2D eigenvalue weighted by Gasteiger charge is -2.27. The smallest absolute Gasteiger partial charge is 0.347 e. The molecule has 1 aliphatic rings. The Bertz CT molecular complexity index is 1600. The van der Waals surface area contributed by atoms with Crippen LogP contribution in [0.15, 0.2) is 102 Å². The topological polar surface area (TPSA) is 104 Å². The fraction of sp³-hybridized carbons (Fsp3) is 0.125. The normalized spacial score (nSPS) is 14.0. The number of aryl methyl sites for hydroxylation is 1. The Morgan fingerprint density at radius 2 is 1.77 bits per heavy atom. The summed E-state index contributed by atoms with van der Waals surface area (Å²) in [7, 11) is 1.49. The van der Waals surface area contributed by atoms with Crippen LogP contribution in [0.25, 0.3) is 0 Å². The quantitative estimate of drug-likeness (QED) is 0.236. The molecule has 5 rings (SSSR count). The molecule has 1 heterocycles. The first-order valence-electron chi connectivity index (χ1n) is 12.3. The molecule has 0 aromatic heterocycles. The lowest BCUT2D eigenvalue weighted by molar-refractivity contribution is 0.0731. The maximum Gasteiger partial charge on any atom is 0.347 e. The lowest BCUT2D eigenvalue weighted by Crippen LogP contribution is -2.21. The molecule has 0 aliphatic carbocycles. The Kier molecular flexibility index (Phi) is 7.19. The largest absolute Gasteiger partial charge is 0.496 e. The second-order valence-electron chi connectivity index (χ2n) is 9.06. The van der Waals surface area contributed by atoms with Gasteiger partial charge in [-0.2, -0.15) is 5.26 Å². The van der Waals surface area contributed by atoms with Crippen LogP contribution >= 0.6 is 0 Å². The number of carbonyl (C=O) groups is 1. The fourth-order valence-electron chi connectivity index (χ4n) is 4.45. The van der Waals surface area contributed by atoms with Crippen molar-refractivity contribution in [3.05, 3.63) is 130 Å². The van der Waals surface area contributed by atoms with E-state index in [-0.39, 0.29) is 17.2 Å². The van der Waals surface area contributed by atoms with E-state index < -0.39 is 11.9 Å². The Labute approximate surface area is 226 Å². The maximum absolute atomic E-state index is 12.8. The van der Waals surface area contributed by atoms with Crippen LogP contribution in [-0.4, -0.2) is 13.1 Å². The molecule has 0 saturated heterocycles. The van der Waals surface area contributed by atoms with Crippen molar-refractivity contribution in [2.75, 3.05) is 7.11 Å². The van der Waals surface area contributed by atoms with Crippen molar-refractivity contribution in [2.45, 2.75) is 19.4 Å². The number of hydrogen-bond acceptors (Lipinski definition) is 7. The van der Waals surface area contributed by atoms with E-state index in [0.717, 1.165) is 11.1 Å². The number of esters is 1. The monoisotopic (exact) mass is 518 g/mol. The van der Waals surface area contributed by atoms with Crippen LogP contribution in [0, 0.1) is 18.3 Å². The lowest BCUT2D eigenvalue weighted by atomic mass is 9.83. The molecule has 0 radical (unpaired) electrons. The Hall–Kier alpha value is -5.22. The average molecular weight is 519 g/mol. The summed E-state index contributed by atoms with van der Waals surface area (Å²) in [5.74, 6) is 0.681. The third kappa shape index (κ3) is 5.41. The van der Waals surface area contributed by atoms with Gasteiger partial charge in [-0.1, -0.05) is 60.2 Å². The van der Waals surface area contributed by atoms with Crippen molar-refractivity contribution in [3.8, 4) is 29.1 Å². The number of rotatable bonds is 7. The van der Waals surface area contributed by atoms with E-state index in [2.05, 4.69) is 6.07 Å². The number of allylic oxidation sites excluding steroid dienone is 1. The van der Waals surface area contributed by atoms with Crippen molar-refractivity contribution in [1.82, 2.24) is 0 Å². The second kappa shape index (κ2) is 11.0. The number of fused-ring (bicyclic) bond motifs is 1. The van der Waals surface area contributed by atoms with Gasteiger partial charge in [-0.15, -0.1) is 0 Å². The van der Waals surface area contributed by atoms with Gasteiger partial charge in [0.25, 0.3) is 0 Å². The Morgan fingerprint density at radius 3 is 2.54 bits per heavy atom. The summed E-state index contributed by atoms with van der Waals surface area (Å²) in [6.45, 7) is 2.46. The Morgan fingerprint density at radius 1 is 0.974 bits per heavy atom. The molecule has 7 heteroatoms. The van der Waals surface area contributed by atoms with E-state index in [1.807, 2.05) is 55.5 Å². The molecular formula is C32H26N2O5. The highest BCUT2D eigenvalue weighted by atomic mass is 16.5. The van der Waals surface area contributed by atoms with Gasteiger partial charge in [-0.3, -0.25) is 0 Å². The zero-order valence-corrected chi connectivity index (χ0v) is 21.5. The molecule has 7 nitrogen and oxygen atoms in total. The average Bonchev–Trinajstić information content (AvgIpc) is 2.96. The maximum atomic E-state index is 12.8. The third-order valence-electron chi connectivity index (χ3n) is 6.45. The molecule has 0 bridgehead atoms. The summed E-state index contributed by atoms with van der Waals surface area (Å²) in [5, 5.41) is 9.93. The van der Waals surface area contributed by atoms with Crippen LogP contribution in [0.5, 0.6) is 23.0 Å². The summed E-state index contributed by atoms with van der Waals surface area (Å²) in [6.07, 6.45) is 0. The van der Waals surface area contributed by atoms with Crippen LogP contribution in [0.4, 0.5) is 0 Å². The molecular weight excluding hydrogens is 492 g/mol. The van der Waals surface area contributed by atoms with Gasteiger partial charge >= 0.3 is 5.97 Å². The van der Waals surface area contributed by atoms with Gasteiger partial charge in [0.2, 0.25) is 5.88 Å². The summed E-state index contributed by atoms with van der Waals surface area (Å²) in [4.78, 5) is 12.8. The first-order valence-corrected chi connectivity index (χ1v) is 12.3. The van der Waals surface area contributed by atoms with Crippen molar-refractivity contribution < 1.29 is 23.7 Å². The zero-order valence-electron chi connectivity index (χ0n) is 21.5. The Balaban J connectivity index is 1.42. The van der Waals surface area contributed by atoms with E-state index in [1.165, 1.54) is 12.7 Å².